The number of hydrogen-bond acceptors (Lipinski definition) is 5. The molecule has 1 aromatic carbocycles. The van der Waals surface area contributed by atoms with Crippen LogP contribution >= 0.6 is 11.6 Å². The van der Waals surface area contributed by atoms with Gasteiger partial charge in [-0.05, 0) is 68.8 Å². The second-order valence-electron chi connectivity index (χ2n) is 8.60. The molecule has 0 radical (unpaired) electrons. The Labute approximate surface area is 184 Å². The van der Waals surface area contributed by atoms with Crippen LogP contribution in [-0.4, -0.2) is 63.4 Å². The van der Waals surface area contributed by atoms with E-state index in [0.29, 0.717) is 29.1 Å². The van der Waals surface area contributed by atoms with Gasteiger partial charge in [0.25, 0.3) is 5.91 Å². The van der Waals surface area contributed by atoms with Crippen LogP contribution in [0.5, 0.6) is 0 Å². The first-order valence-electron chi connectivity index (χ1n) is 11.2. The normalized spacial score (nSPS) is 21.2. The Balaban J connectivity index is 1.27. The summed E-state index contributed by atoms with van der Waals surface area (Å²) < 4.78 is 6.03. The highest BCUT2D eigenvalue weighted by Crippen LogP contribution is 2.29. The van der Waals surface area contributed by atoms with Gasteiger partial charge in [0.05, 0.1) is 17.4 Å². The van der Waals surface area contributed by atoms with Crippen molar-refractivity contribution in [3.8, 4) is 0 Å². The third-order valence-corrected chi connectivity index (χ3v) is 6.72. The van der Waals surface area contributed by atoms with Gasteiger partial charge in [0.2, 0.25) is 0 Å². The van der Waals surface area contributed by atoms with E-state index in [-0.39, 0.29) is 5.91 Å². The Morgan fingerprint density at radius 2 is 1.80 bits per heavy atom. The van der Waals surface area contributed by atoms with Gasteiger partial charge in [-0.3, -0.25) is 10.1 Å². The second kappa shape index (κ2) is 10.6. The summed E-state index contributed by atoms with van der Waals surface area (Å²) in [4.78, 5) is 17.1. The average molecular weight is 433 g/mol. The van der Waals surface area contributed by atoms with Gasteiger partial charge in [0, 0.05) is 44.6 Å². The Kier molecular flexibility index (Phi) is 7.66. The zero-order chi connectivity index (χ0) is 20.8. The zero-order valence-corrected chi connectivity index (χ0v) is 18.4. The number of ether oxygens (including phenoxy) is 1. The van der Waals surface area contributed by atoms with Crippen molar-refractivity contribution < 1.29 is 9.53 Å². The van der Waals surface area contributed by atoms with Crippen LogP contribution in [0, 0.1) is 11.8 Å². The van der Waals surface area contributed by atoms with Gasteiger partial charge < -0.3 is 19.9 Å². The zero-order valence-electron chi connectivity index (χ0n) is 17.6. The van der Waals surface area contributed by atoms with E-state index in [2.05, 4.69) is 10.6 Å². The number of anilines is 1. The van der Waals surface area contributed by atoms with Crippen LogP contribution in [0.1, 0.15) is 36.0 Å². The van der Waals surface area contributed by atoms with Gasteiger partial charge in [0.1, 0.15) is 0 Å². The summed E-state index contributed by atoms with van der Waals surface area (Å²) in [6.45, 7) is 7.07. The number of hydrogen-bond donors (Lipinski definition) is 2. The third-order valence-electron chi connectivity index (χ3n) is 6.40. The van der Waals surface area contributed by atoms with E-state index in [0.717, 1.165) is 64.5 Å². The molecule has 2 fully saturated rings. The standard InChI is InChI=1S/C23H33ClN4O2/c24-21-3-2-20(14-22(21)28-11-1-8-26-17-28)23(29)27-12-6-19(7-13-27)16-30-15-18-4-9-25-10-5-18/h1-3,11,14,18-19,25-26H,4-10,12-13,15-17H2. The van der Waals surface area contributed by atoms with Crippen molar-refractivity contribution in [2.45, 2.75) is 25.7 Å². The van der Waals surface area contributed by atoms with Crippen molar-refractivity contribution in [1.82, 2.24) is 15.5 Å². The molecular weight excluding hydrogens is 400 g/mol. The maximum absolute atomic E-state index is 13.1. The predicted molar refractivity (Wildman–Crippen MR) is 121 cm³/mol. The fourth-order valence-electron chi connectivity index (χ4n) is 4.47. The SMILES string of the molecule is O=C(c1ccc(Cl)c(N2C=CCNC2)c1)N1CCC(COCC2CCNCC2)CC1. The topological polar surface area (TPSA) is 56.8 Å². The van der Waals surface area contributed by atoms with E-state index in [1.807, 2.05) is 40.3 Å². The molecule has 164 valence electrons. The number of piperidine rings is 2. The molecule has 2 N–H and O–H groups in total. The van der Waals surface area contributed by atoms with Gasteiger partial charge in [-0.1, -0.05) is 17.7 Å². The van der Waals surface area contributed by atoms with Crippen molar-refractivity contribution in [3.63, 3.8) is 0 Å². The molecular formula is C23H33ClN4O2. The summed E-state index contributed by atoms with van der Waals surface area (Å²) in [5, 5.41) is 7.34. The predicted octanol–water partition coefficient (Wildman–Crippen LogP) is 3.09. The van der Waals surface area contributed by atoms with Gasteiger partial charge in [-0.2, -0.15) is 0 Å². The van der Waals surface area contributed by atoms with Crippen molar-refractivity contribution in [2.24, 2.45) is 11.8 Å². The fraction of sp³-hybridized carbons (Fsp3) is 0.609. The molecule has 0 spiro atoms. The Hall–Kier alpha value is -1.60. The lowest BCUT2D eigenvalue weighted by atomic mass is 9.96. The summed E-state index contributed by atoms with van der Waals surface area (Å²) in [5.41, 5.74) is 1.57. The lowest BCUT2D eigenvalue weighted by Gasteiger charge is -2.33. The molecule has 0 bridgehead atoms. The number of carbonyl (C=O) groups is 1. The molecule has 30 heavy (non-hydrogen) atoms. The van der Waals surface area contributed by atoms with E-state index in [1.165, 1.54) is 12.8 Å². The summed E-state index contributed by atoms with van der Waals surface area (Å²) in [6.07, 6.45) is 8.53. The third kappa shape index (κ3) is 5.55. The molecule has 6 nitrogen and oxygen atoms in total. The molecule has 1 aromatic rings. The minimum atomic E-state index is 0.0935. The minimum absolute atomic E-state index is 0.0935. The second-order valence-corrected chi connectivity index (χ2v) is 9.01. The Morgan fingerprint density at radius 3 is 2.50 bits per heavy atom. The van der Waals surface area contributed by atoms with Crippen LogP contribution in [-0.2, 0) is 4.74 Å². The number of rotatable bonds is 6. The quantitative estimate of drug-likeness (QED) is 0.723. The van der Waals surface area contributed by atoms with Crippen LogP contribution in [0.25, 0.3) is 0 Å². The molecule has 4 rings (SSSR count). The molecule has 3 aliphatic rings. The summed E-state index contributed by atoms with van der Waals surface area (Å²) in [7, 11) is 0. The van der Waals surface area contributed by atoms with E-state index >= 15 is 0 Å². The molecule has 1 amide bonds. The van der Waals surface area contributed by atoms with Crippen molar-refractivity contribution >= 4 is 23.2 Å². The first-order valence-corrected chi connectivity index (χ1v) is 11.6. The lowest BCUT2D eigenvalue weighted by Crippen LogP contribution is -2.40. The van der Waals surface area contributed by atoms with Gasteiger partial charge >= 0.3 is 0 Å². The fourth-order valence-corrected chi connectivity index (χ4v) is 4.69. The van der Waals surface area contributed by atoms with Gasteiger partial charge in [-0.15, -0.1) is 0 Å². The van der Waals surface area contributed by atoms with E-state index in [4.69, 9.17) is 16.3 Å². The lowest BCUT2D eigenvalue weighted by molar-refractivity contribution is 0.0375. The van der Waals surface area contributed by atoms with Crippen LogP contribution in [0.2, 0.25) is 5.02 Å². The first kappa shape index (κ1) is 21.6. The van der Waals surface area contributed by atoms with E-state index in [1.54, 1.807) is 0 Å². The number of benzene rings is 1. The summed E-state index contributed by atoms with van der Waals surface area (Å²) in [6, 6.07) is 5.58. The van der Waals surface area contributed by atoms with Crippen molar-refractivity contribution in [3.05, 3.63) is 41.1 Å². The number of carbonyl (C=O) groups excluding carboxylic acids is 1. The van der Waals surface area contributed by atoms with Crippen LogP contribution in [0.15, 0.2) is 30.5 Å². The number of amides is 1. The van der Waals surface area contributed by atoms with Crippen LogP contribution in [0.4, 0.5) is 5.69 Å². The molecule has 3 heterocycles. The highest BCUT2D eigenvalue weighted by atomic mass is 35.5. The Bertz CT molecular complexity index is 743. The average Bonchev–Trinajstić information content (AvgIpc) is 2.81. The molecule has 2 saturated heterocycles. The molecule has 3 aliphatic heterocycles. The minimum Gasteiger partial charge on any atom is -0.381 e. The number of likely N-dealkylation sites (tertiary alicyclic amines) is 1. The highest BCUT2D eigenvalue weighted by molar-refractivity contribution is 6.33. The van der Waals surface area contributed by atoms with Gasteiger partial charge in [0.15, 0.2) is 0 Å². The largest absolute Gasteiger partial charge is 0.381 e. The number of nitrogens with one attached hydrogen (secondary N) is 2. The molecule has 0 aromatic heterocycles. The van der Waals surface area contributed by atoms with Crippen LogP contribution < -0.4 is 15.5 Å². The van der Waals surface area contributed by atoms with E-state index < -0.39 is 0 Å². The van der Waals surface area contributed by atoms with Gasteiger partial charge in [-0.25, -0.2) is 0 Å². The summed E-state index contributed by atoms with van der Waals surface area (Å²) >= 11 is 6.40. The molecule has 0 atom stereocenters. The van der Waals surface area contributed by atoms with Crippen LogP contribution in [0.3, 0.4) is 0 Å². The first-order chi connectivity index (χ1) is 14.7. The smallest absolute Gasteiger partial charge is 0.253 e. The molecule has 0 unspecified atom stereocenters. The number of nitrogens with zero attached hydrogens (tertiary/aromatic N) is 2. The maximum atomic E-state index is 13.1. The molecule has 0 saturated carbocycles. The Morgan fingerprint density at radius 1 is 1.07 bits per heavy atom. The summed E-state index contributed by atoms with van der Waals surface area (Å²) in [5.74, 6) is 1.36. The van der Waals surface area contributed by atoms with E-state index in [9.17, 15) is 4.79 Å². The molecule has 0 aliphatic carbocycles. The number of halogens is 1. The monoisotopic (exact) mass is 432 g/mol. The maximum Gasteiger partial charge on any atom is 0.253 e. The van der Waals surface area contributed by atoms with Crippen molar-refractivity contribution in [2.75, 3.05) is 57.5 Å². The highest BCUT2D eigenvalue weighted by Gasteiger charge is 2.25. The molecule has 7 heteroatoms. The van der Waals surface area contributed by atoms with Crippen molar-refractivity contribution in [1.29, 1.82) is 0 Å².